The zero-order valence-corrected chi connectivity index (χ0v) is 12.6. The third kappa shape index (κ3) is 3.79. The summed E-state index contributed by atoms with van der Waals surface area (Å²) in [5, 5.41) is 13.5. The van der Waals surface area contributed by atoms with Crippen LogP contribution in [0.4, 0.5) is 0 Å². The van der Waals surface area contributed by atoms with E-state index in [2.05, 4.69) is 24.0 Å². The van der Waals surface area contributed by atoms with Crippen molar-refractivity contribution < 1.29 is 14.6 Å². The summed E-state index contributed by atoms with van der Waals surface area (Å²) in [6.07, 6.45) is 0.154. The van der Waals surface area contributed by atoms with Crippen molar-refractivity contribution >= 4 is 0 Å². The number of hydrogen-bond donors (Lipinski definition) is 1. The fourth-order valence-corrected chi connectivity index (χ4v) is 2.60. The van der Waals surface area contributed by atoms with Crippen LogP contribution in [0.3, 0.4) is 0 Å². The Morgan fingerprint density at radius 1 is 1.40 bits per heavy atom. The second-order valence-corrected chi connectivity index (χ2v) is 5.36. The van der Waals surface area contributed by atoms with Gasteiger partial charge in [0, 0.05) is 24.3 Å². The van der Waals surface area contributed by atoms with Gasteiger partial charge >= 0.3 is 0 Å². The standard InChI is InChI=1S/C14H25N3O3/c1-11-14(12(2)17(15-11)4-5-18)9-16(3)8-13-10-19-6-7-20-13/h13,18H,4-10H2,1-3H3. The van der Waals surface area contributed by atoms with Gasteiger partial charge in [-0.15, -0.1) is 0 Å². The van der Waals surface area contributed by atoms with Gasteiger partial charge in [0.05, 0.1) is 44.8 Å². The Labute approximate surface area is 120 Å². The molecule has 6 heteroatoms. The Kier molecular flexibility index (Phi) is 5.54. The van der Waals surface area contributed by atoms with E-state index < -0.39 is 0 Å². The quantitative estimate of drug-likeness (QED) is 0.816. The van der Waals surface area contributed by atoms with E-state index in [0.29, 0.717) is 26.4 Å². The second kappa shape index (κ2) is 7.17. The number of rotatable bonds is 6. The molecule has 0 aliphatic carbocycles. The maximum atomic E-state index is 9.04. The molecule has 0 radical (unpaired) electrons. The minimum absolute atomic E-state index is 0.116. The van der Waals surface area contributed by atoms with Crippen molar-refractivity contribution in [2.75, 3.05) is 40.0 Å². The molecule has 1 aromatic rings. The van der Waals surface area contributed by atoms with Crippen LogP contribution in [0.2, 0.25) is 0 Å². The number of aryl methyl sites for hydroxylation is 1. The van der Waals surface area contributed by atoms with Crippen molar-refractivity contribution in [3.05, 3.63) is 17.0 Å². The molecule has 6 nitrogen and oxygen atoms in total. The van der Waals surface area contributed by atoms with Gasteiger partial charge in [-0.05, 0) is 20.9 Å². The zero-order chi connectivity index (χ0) is 14.5. The van der Waals surface area contributed by atoms with Crippen molar-refractivity contribution in [3.63, 3.8) is 0 Å². The van der Waals surface area contributed by atoms with E-state index in [1.54, 1.807) is 0 Å². The van der Waals surface area contributed by atoms with Crippen molar-refractivity contribution in [1.82, 2.24) is 14.7 Å². The second-order valence-electron chi connectivity index (χ2n) is 5.36. The van der Waals surface area contributed by atoms with Crippen LogP contribution in [0.25, 0.3) is 0 Å². The average molecular weight is 283 g/mol. The van der Waals surface area contributed by atoms with Gasteiger partial charge in [0.25, 0.3) is 0 Å². The zero-order valence-electron chi connectivity index (χ0n) is 12.6. The van der Waals surface area contributed by atoms with Crippen LogP contribution in [-0.4, -0.2) is 65.9 Å². The predicted octanol–water partition coefficient (Wildman–Crippen LogP) is 0.339. The van der Waals surface area contributed by atoms with E-state index in [4.69, 9.17) is 14.6 Å². The molecule has 1 N–H and O–H groups in total. The highest BCUT2D eigenvalue weighted by molar-refractivity contribution is 5.24. The van der Waals surface area contributed by atoms with Crippen LogP contribution >= 0.6 is 0 Å². The van der Waals surface area contributed by atoms with Gasteiger partial charge in [0.15, 0.2) is 0 Å². The fourth-order valence-electron chi connectivity index (χ4n) is 2.60. The molecule has 2 rings (SSSR count). The molecule has 114 valence electrons. The predicted molar refractivity (Wildman–Crippen MR) is 75.7 cm³/mol. The highest BCUT2D eigenvalue weighted by Crippen LogP contribution is 2.15. The molecular weight excluding hydrogens is 258 g/mol. The van der Waals surface area contributed by atoms with E-state index >= 15 is 0 Å². The first-order valence-electron chi connectivity index (χ1n) is 7.13. The Morgan fingerprint density at radius 2 is 2.20 bits per heavy atom. The first-order valence-corrected chi connectivity index (χ1v) is 7.13. The molecule has 1 fully saturated rings. The van der Waals surface area contributed by atoms with Crippen LogP contribution in [0.1, 0.15) is 17.0 Å². The highest BCUT2D eigenvalue weighted by Gasteiger charge is 2.18. The van der Waals surface area contributed by atoms with Gasteiger partial charge in [0.1, 0.15) is 0 Å². The molecule has 1 aliphatic heterocycles. The third-order valence-corrected chi connectivity index (χ3v) is 3.67. The number of nitrogens with zero attached hydrogens (tertiary/aromatic N) is 3. The molecule has 0 spiro atoms. The van der Waals surface area contributed by atoms with E-state index in [0.717, 1.165) is 24.5 Å². The number of likely N-dealkylation sites (N-methyl/N-ethyl adjacent to an activating group) is 1. The van der Waals surface area contributed by atoms with Crippen molar-refractivity contribution in [1.29, 1.82) is 0 Å². The molecule has 0 aromatic carbocycles. The van der Waals surface area contributed by atoms with Crippen LogP contribution in [0.5, 0.6) is 0 Å². The average Bonchev–Trinajstić information content (AvgIpc) is 2.68. The highest BCUT2D eigenvalue weighted by atomic mass is 16.6. The first kappa shape index (κ1) is 15.4. The molecule has 0 saturated carbocycles. The lowest BCUT2D eigenvalue weighted by molar-refractivity contribution is -0.0963. The summed E-state index contributed by atoms with van der Waals surface area (Å²) in [4.78, 5) is 2.24. The number of aliphatic hydroxyl groups excluding tert-OH is 1. The number of ether oxygens (including phenoxy) is 2. The van der Waals surface area contributed by atoms with Gasteiger partial charge in [-0.2, -0.15) is 5.10 Å². The van der Waals surface area contributed by atoms with Gasteiger partial charge in [0.2, 0.25) is 0 Å². The summed E-state index contributed by atoms with van der Waals surface area (Å²) < 4.78 is 13.0. The minimum Gasteiger partial charge on any atom is -0.394 e. The van der Waals surface area contributed by atoms with Crippen molar-refractivity contribution in [2.24, 2.45) is 0 Å². The first-order chi connectivity index (χ1) is 9.61. The molecule has 20 heavy (non-hydrogen) atoms. The van der Waals surface area contributed by atoms with Crippen LogP contribution in [-0.2, 0) is 22.6 Å². The molecule has 1 atom stereocenters. The molecule has 1 aliphatic rings. The van der Waals surface area contributed by atoms with Crippen molar-refractivity contribution in [2.45, 2.75) is 33.0 Å². The summed E-state index contributed by atoms with van der Waals surface area (Å²) in [5.41, 5.74) is 3.39. The lowest BCUT2D eigenvalue weighted by Crippen LogP contribution is -2.38. The van der Waals surface area contributed by atoms with E-state index in [-0.39, 0.29) is 12.7 Å². The number of aliphatic hydroxyl groups is 1. The third-order valence-electron chi connectivity index (χ3n) is 3.67. The Balaban J connectivity index is 1.94. The normalized spacial score (nSPS) is 19.8. The molecule has 1 saturated heterocycles. The largest absolute Gasteiger partial charge is 0.394 e. The Morgan fingerprint density at radius 3 is 2.85 bits per heavy atom. The monoisotopic (exact) mass is 283 g/mol. The molecular formula is C14H25N3O3. The summed E-state index contributed by atoms with van der Waals surface area (Å²) in [5.74, 6) is 0. The summed E-state index contributed by atoms with van der Waals surface area (Å²) in [7, 11) is 2.08. The Bertz CT molecular complexity index is 428. The van der Waals surface area contributed by atoms with E-state index in [1.807, 2.05) is 11.6 Å². The lowest BCUT2D eigenvalue weighted by Gasteiger charge is -2.27. The summed E-state index contributed by atoms with van der Waals surface area (Å²) in [6.45, 7) is 8.49. The van der Waals surface area contributed by atoms with Gasteiger partial charge in [-0.1, -0.05) is 0 Å². The summed E-state index contributed by atoms with van der Waals surface area (Å²) >= 11 is 0. The topological polar surface area (TPSA) is 59.8 Å². The lowest BCUT2D eigenvalue weighted by atomic mass is 10.2. The number of aromatic nitrogens is 2. The molecule has 1 aromatic heterocycles. The fraction of sp³-hybridized carbons (Fsp3) is 0.786. The maximum absolute atomic E-state index is 9.04. The molecule has 0 amide bonds. The van der Waals surface area contributed by atoms with Gasteiger partial charge in [-0.25, -0.2) is 0 Å². The van der Waals surface area contributed by atoms with Crippen molar-refractivity contribution in [3.8, 4) is 0 Å². The molecule has 2 heterocycles. The molecule has 1 unspecified atom stereocenters. The van der Waals surface area contributed by atoms with Crippen LogP contribution in [0.15, 0.2) is 0 Å². The maximum Gasteiger partial charge on any atom is 0.0936 e. The van der Waals surface area contributed by atoms with E-state index in [1.165, 1.54) is 5.56 Å². The van der Waals surface area contributed by atoms with Gasteiger partial charge in [-0.3, -0.25) is 9.58 Å². The molecule has 0 bridgehead atoms. The Hall–Kier alpha value is -0.950. The minimum atomic E-state index is 0.116. The SMILES string of the molecule is Cc1nn(CCO)c(C)c1CN(C)CC1COCCO1. The van der Waals surface area contributed by atoms with E-state index in [9.17, 15) is 0 Å². The summed E-state index contributed by atoms with van der Waals surface area (Å²) in [6, 6.07) is 0. The van der Waals surface area contributed by atoms with Crippen LogP contribution in [0, 0.1) is 13.8 Å². The van der Waals surface area contributed by atoms with Crippen LogP contribution < -0.4 is 0 Å². The number of hydrogen-bond acceptors (Lipinski definition) is 5. The smallest absolute Gasteiger partial charge is 0.0936 e. The van der Waals surface area contributed by atoms with Gasteiger partial charge < -0.3 is 14.6 Å².